The van der Waals surface area contributed by atoms with Crippen LogP contribution in [0, 0.1) is 0 Å². The Morgan fingerprint density at radius 1 is 1.26 bits per heavy atom. The Kier molecular flexibility index (Phi) is 3.83. The lowest BCUT2D eigenvalue weighted by molar-refractivity contribution is 0.241. The highest BCUT2D eigenvalue weighted by Gasteiger charge is 2.18. The molecule has 0 amide bonds. The van der Waals surface area contributed by atoms with Crippen LogP contribution in [-0.4, -0.2) is 26.4 Å². The van der Waals surface area contributed by atoms with Crippen molar-refractivity contribution < 1.29 is 0 Å². The number of H-pyrrole nitrogens is 1. The van der Waals surface area contributed by atoms with E-state index in [4.69, 9.17) is 4.98 Å². The van der Waals surface area contributed by atoms with Gasteiger partial charge in [0, 0.05) is 44.0 Å². The third-order valence-electron chi connectivity index (χ3n) is 4.57. The van der Waals surface area contributed by atoms with Gasteiger partial charge in [0.1, 0.15) is 5.82 Å². The van der Waals surface area contributed by atoms with E-state index in [9.17, 15) is 0 Å². The topological polar surface area (TPSA) is 44.8 Å². The van der Waals surface area contributed by atoms with Gasteiger partial charge in [-0.05, 0) is 47.6 Å². The summed E-state index contributed by atoms with van der Waals surface area (Å²) in [6.45, 7) is 5.16. The SMILES string of the molecule is CCCc1ncc2c(n1)CN(Cc1ccc3[nH]ccc3c1)CC2. The Balaban J connectivity index is 1.51. The second-order valence-electron chi connectivity index (χ2n) is 6.37. The number of aromatic nitrogens is 3. The summed E-state index contributed by atoms with van der Waals surface area (Å²) < 4.78 is 0. The highest BCUT2D eigenvalue weighted by atomic mass is 15.1. The third kappa shape index (κ3) is 2.99. The van der Waals surface area contributed by atoms with Gasteiger partial charge in [0.2, 0.25) is 0 Å². The van der Waals surface area contributed by atoms with Crippen LogP contribution in [0.25, 0.3) is 10.9 Å². The molecule has 2 aromatic heterocycles. The predicted octanol–water partition coefficient (Wildman–Crippen LogP) is 3.47. The number of fused-ring (bicyclic) bond motifs is 2. The molecule has 3 heterocycles. The fourth-order valence-electron chi connectivity index (χ4n) is 3.34. The van der Waals surface area contributed by atoms with Crippen molar-refractivity contribution in [3.05, 3.63) is 59.3 Å². The van der Waals surface area contributed by atoms with E-state index in [2.05, 4.69) is 46.1 Å². The third-order valence-corrected chi connectivity index (χ3v) is 4.57. The van der Waals surface area contributed by atoms with Crippen molar-refractivity contribution in [2.24, 2.45) is 0 Å². The molecule has 118 valence electrons. The van der Waals surface area contributed by atoms with Gasteiger partial charge in [-0.25, -0.2) is 9.97 Å². The van der Waals surface area contributed by atoms with Crippen LogP contribution in [0.2, 0.25) is 0 Å². The van der Waals surface area contributed by atoms with E-state index in [-0.39, 0.29) is 0 Å². The number of hydrogen-bond acceptors (Lipinski definition) is 3. The monoisotopic (exact) mass is 306 g/mol. The molecule has 1 aliphatic rings. The van der Waals surface area contributed by atoms with E-state index in [1.54, 1.807) is 0 Å². The van der Waals surface area contributed by atoms with Crippen LogP contribution in [0.1, 0.15) is 36.0 Å². The van der Waals surface area contributed by atoms with Gasteiger partial charge >= 0.3 is 0 Å². The van der Waals surface area contributed by atoms with Crippen LogP contribution >= 0.6 is 0 Å². The number of benzene rings is 1. The largest absolute Gasteiger partial charge is 0.361 e. The molecule has 4 heteroatoms. The van der Waals surface area contributed by atoms with Crippen LogP contribution in [0.3, 0.4) is 0 Å². The van der Waals surface area contributed by atoms with Crippen LogP contribution in [0.5, 0.6) is 0 Å². The normalized spacial score (nSPS) is 15.0. The van der Waals surface area contributed by atoms with E-state index < -0.39 is 0 Å². The molecular formula is C19H22N4. The summed E-state index contributed by atoms with van der Waals surface area (Å²) in [5.74, 6) is 0.988. The van der Waals surface area contributed by atoms with E-state index >= 15 is 0 Å². The molecule has 1 aromatic carbocycles. The number of nitrogens with zero attached hydrogens (tertiary/aromatic N) is 3. The van der Waals surface area contributed by atoms with Gasteiger partial charge in [0.15, 0.2) is 0 Å². The molecule has 0 spiro atoms. The molecule has 0 fully saturated rings. The Morgan fingerprint density at radius 3 is 3.13 bits per heavy atom. The molecule has 23 heavy (non-hydrogen) atoms. The van der Waals surface area contributed by atoms with Crippen molar-refractivity contribution in [3.63, 3.8) is 0 Å². The highest BCUT2D eigenvalue weighted by molar-refractivity contribution is 5.79. The maximum absolute atomic E-state index is 4.78. The van der Waals surface area contributed by atoms with Gasteiger partial charge in [0.05, 0.1) is 5.69 Å². The summed E-state index contributed by atoms with van der Waals surface area (Å²) in [6, 6.07) is 8.80. The first kappa shape index (κ1) is 14.4. The number of aryl methyl sites for hydroxylation is 1. The summed E-state index contributed by atoms with van der Waals surface area (Å²) in [5, 5.41) is 1.28. The van der Waals surface area contributed by atoms with Crippen LogP contribution in [0.15, 0.2) is 36.7 Å². The molecule has 0 saturated heterocycles. The lowest BCUT2D eigenvalue weighted by atomic mass is 10.1. The number of rotatable bonds is 4. The van der Waals surface area contributed by atoms with Crippen molar-refractivity contribution in [2.75, 3.05) is 6.54 Å². The van der Waals surface area contributed by atoms with E-state index in [1.165, 1.54) is 27.7 Å². The van der Waals surface area contributed by atoms with Crippen LogP contribution < -0.4 is 0 Å². The zero-order valence-electron chi connectivity index (χ0n) is 13.5. The van der Waals surface area contributed by atoms with Crippen molar-refractivity contribution in [2.45, 2.75) is 39.3 Å². The molecule has 4 nitrogen and oxygen atoms in total. The van der Waals surface area contributed by atoms with Crippen molar-refractivity contribution in [1.29, 1.82) is 0 Å². The average Bonchev–Trinajstić information content (AvgIpc) is 3.02. The molecule has 1 N–H and O–H groups in total. The molecule has 4 rings (SSSR count). The van der Waals surface area contributed by atoms with E-state index in [1.807, 2.05) is 12.4 Å². The van der Waals surface area contributed by atoms with Crippen molar-refractivity contribution >= 4 is 10.9 Å². The van der Waals surface area contributed by atoms with Gasteiger partial charge in [-0.2, -0.15) is 0 Å². The van der Waals surface area contributed by atoms with Crippen LogP contribution in [-0.2, 0) is 25.9 Å². The molecular weight excluding hydrogens is 284 g/mol. The Labute approximate surface area is 136 Å². The van der Waals surface area contributed by atoms with E-state index in [0.717, 1.165) is 44.7 Å². The van der Waals surface area contributed by atoms with Gasteiger partial charge in [-0.1, -0.05) is 13.0 Å². The number of aromatic amines is 1. The minimum Gasteiger partial charge on any atom is -0.361 e. The van der Waals surface area contributed by atoms with Gasteiger partial charge < -0.3 is 4.98 Å². The lowest BCUT2D eigenvalue weighted by Gasteiger charge is -2.28. The van der Waals surface area contributed by atoms with Crippen molar-refractivity contribution in [3.8, 4) is 0 Å². The summed E-state index contributed by atoms with van der Waals surface area (Å²) >= 11 is 0. The standard InChI is InChI=1S/C19H22N4/c1-2-3-19-21-11-16-7-9-23(13-18(16)22-19)12-14-4-5-17-15(10-14)6-8-20-17/h4-6,8,10-11,20H,2-3,7,9,12-13H2,1H3. The first-order valence-electron chi connectivity index (χ1n) is 8.44. The summed E-state index contributed by atoms with van der Waals surface area (Å²) in [7, 11) is 0. The summed E-state index contributed by atoms with van der Waals surface area (Å²) in [5.41, 5.74) is 5.11. The summed E-state index contributed by atoms with van der Waals surface area (Å²) in [6.07, 6.45) is 7.15. The Morgan fingerprint density at radius 2 is 2.22 bits per heavy atom. The minimum atomic E-state index is 0.930. The fourth-order valence-corrected chi connectivity index (χ4v) is 3.34. The molecule has 0 saturated carbocycles. The maximum atomic E-state index is 4.78. The van der Waals surface area contributed by atoms with Gasteiger partial charge in [0.25, 0.3) is 0 Å². The number of hydrogen-bond donors (Lipinski definition) is 1. The molecule has 0 aliphatic carbocycles. The second kappa shape index (κ2) is 6.13. The quantitative estimate of drug-likeness (QED) is 0.803. The highest BCUT2D eigenvalue weighted by Crippen LogP contribution is 2.21. The van der Waals surface area contributed by atoms with E-state index in [0.29, 0.717) is 0 Å². The van der Waals surface area contributed by atoms with Gasteiger partial charge in [-0.15, -0.1) is 0 Å². The zero-order chi connectivity index (χ0) is 15.6. The Bertz CT molecular complexity index is 821. The molecule has 3 aromatic rings. The van der Waals surface area contributed by atoms with Crippen LogP contribution in [0.4, 0.5) is 0 Å². The lowest BCUT2D eigenvalue weighted by Crippen LogP contribution is -2.31. The predicted molar refractivity (Wildman–Crippen MR) is 92.1 cm³/mol. The second-order valence-corrected chi connectivity index (χ2v) is 6.37. The fraction of sp³-hybridized carbons (Fsp3) is 0.368. The minimum absolute atomic E-state index is 0.930. The smallest absolute Gasteiger partial charge is 0.128 e. The van der Waals surface area contributed by atoms with Gasteiger partial charge in [-0.3, -0.25) is 4.90 Å². The molecule has 0 unspecified atom stereocenters. The molecule has 0 radical (unpaired) electrons. The first-order chi connectivity index (χ1) is 11.3. The van der Waals surface area contributed by atoms with Crippen molar-refractivity contribution in [1.82, 2.24) is 19.9 Å². The first-order valence-corrected chi connectivity index (χ1v) is 8.44. The molecule has 0 atom stereocenters. The molecule has 1 aliphatic heterocycles. The number of nitrogens with one attached hydrogen (secondary N) is 1. The summed E-state index contributed by atoms with van der Waals surface area (Å²) in [4.78, 5) is 15.0. The average molecular weight is 306 g/mol. The molecule has 0 bridgehead atoms. The zero-order valence-corrected chi connectivity index (χ0v) is 13.5. The Hall–Kier alpha value is -2.20. The maximum Gasteiger partial charge on any atom is 0.128 e.